The second kappa shape index (κ2) is 4.61. The van der Waals surface area contributed by atoms with Crippen molar-refractivity contribution in [3.63, 3.8) is 0 Å². The molecule has 1 aromatic heterocycles. The smallest absolute Gasteiger partial charge is 0.411 e. The van der Waals surface area contributed by atoms with Gasteiger partial charge >= 0.3 is 6.09 Å². The van der Waals surface area contributed by atoms with E-state index in [1.54, 1.807) is 24.9 Å². The number of amides is 1. The molecule has 0 aliphatic carbocycles. The maximum absolute atomic E-state index is 11.1. The topological polar surface area (TPSA) is 76.4 Å². The lowest BCUT2D eigenvalue weighted by molar-refractivity contribution is 0.131. The first-order chi connectivity index (χ1) is 6.63. The van der Waals surface area contributed by atoms with E-state index >= 15 is 0 Å². The second-order valence-corrected chi connectivity index (χ2v) is 2.79. The number of ether oxygens (including phenoxy) is 1. The van der Waals surface area contributed by atoms with Crippen molar-refractivity contribution in [1.82, 2.24) is 9.78 Å². The lowest BCUT2D eigenvalue weighted by Crippen LogP contribution is -2.15. The van der Waals surface area contributed by atoms with Gasteiger partial charge in [-0.05, 0) is 6.92 Å². The Morgan fingerprint density at radius 1 is 1.79 bits per heavy atom. The van der Waals surface area contributed by atoms with Crippen LogP contribution in [-0.2, 0) is 11.8 Å². The van der Waals surface area contributed by atoms with E-state index in [2.05, 4.69) is 15.2 Å². The first-order valence-electron chi connectivity index (χ1n) is 4.18. The van der Waals surface area contributed by atoms with Crippen LogP contribution < -0.4 is 5.32 Å². The van der Waals surface area contributed by atoms with E-state index in [4.69, 9.17) is 5.11 Å². The molecule has 0 spiro atoms. The number of nitrogens with one attached hydrogen (secondary N) is 1. The van der Waals surface area contributed by atoms with Crippen molar-refractivity contribution in [3.05, 3.63) is 11.9 Å². The van der Waals surface area contributed by atoms with Gasteiger partial charge in [0.1, 0.15) is 6.61 Å². The zero-order valence-electron chi connectivity index (χ0n) is 8.15. The monoisotopic (exact) mass is 199 g/mol. The zero-order valence-corrected chi connectivity index (χ0v) is 8.15. The lowest BCUT2D eigenvalue weighted by Gasteiger charge is -2.03. The van der Waals surface area contributed by atoms with Gasteiger partial charge in [0.2, 0.25) is 0 Å². The molecule has 0 saturated heterocycles. The molecule has 1 rings (SSSR count). The molecule has 2 N–H and O–H groups in total. The molecule has 0 aliphatic rings. The molecule has 0 bridgehead atoms. The van der Waals surface area contributed by atoms with Gasteiger partial charge in [0.15, 0.2) is 0 Å². The van der Waals surface area contributed by atoms with Gasteiger partial charge in [-0.1, -0.05) is 0 Å². The molecule has 0 atom stereocenters. The average molecular weight is 199 g/mol. The molecule has 6 heteroatoms. The third-order valence-corrected chi connectivity index (χ3v) is 1.57. The molecule has 1 aromatic rings. The number of aryl methyl sites for hydroxylation is 2. The summed E-state index contributed by atoms with van der Waals surface area (Å²) in [6, 6.07) is 0. The molecular weight excluding hydrogens is 186 g/mol. The number of carbonyl (C=O) groups excluding carboxylic acids is 1. The van der Waals surface area contributed by atoms with Crippen LogP contribution in [0.15, 0.2) is 6.20 Å². The number of nitrogens with zero attached hydrogens (tertiary/aromatic N) is 2. The summed E-state index contributed by atoms with van der Waals surface area (Å²) < 4.78 is 6.22. The van der Waals surface area contributed by atoms with Crippen LogP contribution in [0.5, 0.6) is 0 Å². The average Bonchev–Trinajstić information content (AvgIpc) is 2.42. The first-order valence-corrected chi connectivity index (χ1v) is 4.18. The normalized spacial score (nSPS) is 9.93. The number of aliphatic hydroxyl groups is 1. The minimum absolute atomic E-state index is 0.00879. The predicted octanol–water partition coefficient (Wildman–Crippen LogP) is 0.269. The van der Waals surface area contributed by atoms with Gasteiger partial charge < -0.3 is 9.84 Å². The summed E-state index contributed by atoms with van der Waals surface area (Å²) in [5.74, 6) is 0. The van der Waals surface area contributed by atoms with Crippen LogP contribution in [0.1, 0.15) is 5.69 Å². The molecule has 14 heavy (non-hydrogen) atoms. The van der Waals surface area contributed by atoms with Crippen molar-refractivity contribution in [2.75, 3.05) is 18.5 Å². The maximum atomic E-state index is 11.1. The van der Waals surface area contributed by atoms with Crippen LogP contribution >= 0.6 is 0 Å². The predicted molar refractivity (Wildman–Crippen MR) is 50.0 cm³/mol. The summed E-state index contributed by atoms with van der Waals surface area (Å²) in [6.07, 6.45) is 1.09. The number of carbonyl (C=O) groups is 1. The Hall–Kier alpha value is -1.56. The van der Waals surface area contributed by atoms with Crippen molar-refractivity contribution >= 4 is 11.8 Å². The number of hydrogen-bond acceptors (Lipinski definition) is 4. The van der Waals surface area contributed by atoms with E-state index in [-0.39, 0.29) is 13.2 Å². The summed E-state index contributed by atoms with van der Waals surface area (Å²) in [5, 5.41) is 15.0. The molecule has 0 saturated carbocycles. The highest BCUT2D eigenvalue weighted by Gasteiger charge is 2.07. The summed E-state index contributed by atoms with van der Waals surface area (Å²) in [7, 11) is 1.76. The molecule has 1 heterocycles. The van der Waals surface area contributed by atoms with Gasteiger partial charge in [-0.25, -0.2) is 4.79 Å². The molecule has 0 unspecified atom stereocenters. The SMILES string of the molecule is Cc1nn(C)cc1NC(=O)OCCO. The second-order valence-electron chi connectivity index (χ2n) is 2.79. The fourth-order valence-electron chi connectivity index (χ4n) is 1.01. The van der Waals surface area contributed by atoms with Gasteiger partial charge in [-0.15, -0.1) is 0 Å². The highest BCUT2D eigenvalue weighted by molar-refractivity contribution is 5.85. The van der Waals surface area contributed by atoms with Crippen molar-refractivity contribution in [1.29, 1.82) is 0 Å². The van der Waals surface area contributed by atoms with Crippen molar-refractivity contribution in [2.24, 2.45) is 7.05 Å². The summed E-state index contributed by atoms with van der Waals surface area (Å²) in [6.45, 7) is 1.59. The standard InChI is InChI=1S/C8H13N3O3/c1-6-7(5-11(2)10-6)9-8(13)14-4-3-12/h5,12H,3-4H2,1-2H3,(H,9,13). The minimum atomic E-state index is -0.588. The third-order valence-electron chi connectivity index (χ3n) is 1.57. The van der Waals surface area contributed by atoms with Crippen molar-refractivity contribution < 1.29 is 14.6 Å². The van der Waals surface area contributed by atoms with Crippen LogP contribution in [0.4, 0.5) is 10.5 Å². The van der Waals surface area contributed by atoms with E-state index in [9.17, 15) is 4.79 Å². The van der Waals surface area contributed by atoms with Crippen LogP contribution in [0.2, 0.25) is 0 Å². The molecule has 0 aromatic carbocycles. The Balaban J connectivity index is 2.51. The molecule has 6 nitrogen and oxygen atoms in total. The van der Waals surface area contributed by atoms with E-state index in [0.29, 0.717) is 11.4 Å². The molecule has 0 radical (unpaired) electrons. The van der Waals surface area contributed by atoms with Gasteiger partial charge in [-0.3, -0.25) is 10.00 Å². The molecule has 1 amide bonds. The largest absolute Gasteiger partial charge is 0.447 e. The number of aromatic nitrogens is 2. The zero-order chi connectivity index (χ0) is 10.6. The first kappa shape index (κ1) is 10.5. The van der Waals surface area contributed by atoms with Gasteiger partial charge in [0, 0.05) is 13.2 Å². The van der Waals surface area contributed by atoms with E-state index in [0.717, 1.165) is 0 Å². The van der Waals surface area contributed by atoms with E-state index < -0.39 is 6.09 Å². The highest BCUT2D eigenvalue weighted by Crippen LogP contribution is 2.11. The van der Waals surface area contributed by atoms with E-state index in [1.165, 1.54) is 0 Å². The van der Waals surface area contributed by atoms with E-state index in [1.807, 2.05) is 0 Å². The Labute approximate surface area is 81.5 Å². The van der Waals surface area contributed by atoms with Crippen molar-refractivity contribution in [3.8, 4) is 0 Å². The van der Waals surface area contributed by atoms with Crippen LogP contribution in [-0.4, -0.2) is 34.2 Å². The Kier molecular flexibility index (Phi) is 3.47. The molecule has 0 fully saturated rings. The number of hydrogen-bond donors (Lipinski definition) is 2. The van der Waals surface area contributed by atoms with Gasteiger partial charge in [0.25, 0.3) is 0 Å². The molecular formula is C8H13N3O3. The van der Waals surface area contributed by atoms with Crippen LogP contribution in [0, 0.1) is 6.92 Å². The summed E-state index contributed by atoms with van der Waals surface area (Å²) in [4.78, 5) is 11.1. The lowest BCUT2D eigenvalue weighted by atomic mass is 10.4. The fourth-order valence-corrected chi connectivity index (χ4v) is 1.01. The third kappa shape index (κ3) is 2.74. The fraction of sp³-hybridized carbons (Fsp3) is 0.500. The minimum Gasteiger partial charge on any atom is -0.447 e. The number of rotatable bonds is 3. The number of anilines is 1. The quantitative estimate of drug-likeness (QED) is 0.732. The summed E-state index contributed by atoms with van der Waals surface area (Å²) in [5.41, 5.74) is 1.32. The van der Waals surface area contributed by atoms with Gasteiger partial charge in [-0.2, -0.15) is 5.10 Å². The summed E-state index contributed by atoms with van der Waals surface area (Å²) >= 11 is 0. The Morgan fingerprint density at radius 3 is 3.00 bits per heavy atom. The van der Waals surface area contributed by atoms with Crippen molar-refractivity contribution in [2.45, 2.75) is 6.92 Å². The number of aliphatic hydroxyl groups excluding tert-OH is 1. The van der Waals surface area contributed by atoms with Crippen LogP contribution in [0.25, 0.3) is 0 Å². The Bertz CT molecular complexity index is 322. The molecule has 0 aliphatic heterocycles. The van der Waals surface area contributed by atoms with Gasteiger partial charge in [0.05, 0.1) is 18.0 Å². The highest BCUT2D eigenvalue weighted by atomic mass is 16.6. The Morgan fingerprint density at radius 2 is 2.50 bits per heavy atom. The molecule has 78 valence electrons. The maximum Gasteiger partial charge on any atom is 0.411 e. The van der Waals surface area contributed by atoms with Crippen LogP contribution in [0.3, 0.4) is 0 Å².